The zero-order valence-corrected chi connectivity index (χ0v) is 21.8. The average Bonchev–Trinajstić information content (AvgIpc) is 3.34. The Labute approximate surface area is 215 Å². The summed E-state index contributed by atoms with van der Waals surface area (Å²) in [4.78, 5) is 61.5. The molecule has 19 nitrogen and oxygen atoms in total. The van der Waals surface area contributed by atoms with E-state index in [2.05, 4.69) is 18.3 Å². The average molecular weight is 615 g/mol. The molecule has 0 aliphatic carbocycles. The van der Waals surface area contributed by atoms with Gasteiger partial charge in [0.2, 0.25) is 0 Å². The summed E-state index contributed by atoms with van der Waals surface area (Å²) in [5.41, 5.74) is -1.06. The van der Waals surface area contributed by atoms with Gasteiger partial charge in [-0.2, -0.15) is 8.62 Å². The summed E-state index contributed by atoms with van der Waals surface area (Å²) >= 11 is 0. The maximum atomic E-state index is 13.1. The smallest absolute Gasteiger partial charge is 0.387 e. The normalized spacial score (nSPS) is 25.0. The molecule has 6 N–H and O–H groups in total. The highest BCUT2D eigenvalue weighted by molar-refractivity contribution is 7.66. The molecular formula is C17H20N3O16P3. The Morgan fingerprint density at radius 2 is 1.64 bits per heavy atom. The number of phosphoric acid groups is 3. The van der Waals surface area contributed by atoms with Crippen LogP contribution in [0.3, 0.4) is 0 Å². The van der Waals surface area contributed by atoms with Crippen molar-refractivity contribution in [1.82, 2.24) is 14.3 Å². The zero-order chi connectivity index (χ0) is 28.8. The lowest BCUT2D eigenvalue weighted by Gasteiger charge is -2.19. The van der Waals surface area contributed by atoms with Gasteiger partial charge in [0.05, 0.1) is 13.2 Å². The van der Waals surface area contributed by atoms with Crippen LogP contribution >= 0.6 is 23.5 Å². The number of para-hydroxylation sites is 1. The molecule has 6 atom stereocenters. The van der Waals surface area contributed by atoms with Crippen LogP contribution in [0.5, 0.6) is 0 Å². The molecule has 214 valence electrons. The second-order valence-electron chi connectivity index (χ2n) is 7.99. The van der Waals surface area contributed by atoms with Gasteiger partial charge in [0, 0.05) is 17.6 Å². The monoisotopic (exact) mass is 615 g/mol. The Hall–Kier alpha value is -2.34. The molecule has 4 rings (SSSR count). The van der Waals surface area contributed by atoms with Gasteiger partial charge >= 0.3 is 29.2 Å². The van der Waals surface area contributed by atoms with E-state index in [-0.39, 0.29) is 12.2 Å². The van der Waals surface area contributed by atoms with Crippen molar-refractivity contribution < 1.29 is 65.9 Å². The van der Waals surface area contributed by atoms with Crippen molar-refractivity contribution in [3.8, 4) is 0 Å². The first-order valence-corrected chi connectivity index (χ1v) is 15.0. The fourth-order valence-electron chi connectivity index (χ4n) is 3.64. The second-order valence-corrected chi connectivity index (χ2v) is 12.4. The molecule has 39 heavy (non-hydrogen) atoms. The highest BCUT2D eigenvalue weighted by atomic mass is 31.3. The van der Waals surface area contributed by atoms with Crippen LogP contribution in [-0.4, -0.2) is 69.0 Å². The van der Waals surface area contributed by atoms with E-state index in [0.717, 1.165) is 21.4 Å². The van der Waals surface area contributed by atoms with E-state index in [1.165, 1.54) is 0 Å². The minimum Gasteiger partial charge on any atom is -0.387 e. The molecule has 2 aromatic heterocycles. The van der Waals surface area contributed by atoms with Gasteiger partial charge in [-0.3, -0.25) is 18.5 Å². The number of hydrogen-bond acceptors (Lipinski definition) is 13. The molecule has 1 fully saturated rings. The van der Waals surface area contributed by atoms with Gasteiger partial charge in [-0.1, -0.05) is 17.3 Å². The molecular weight excluding hydrogens is 595 g/mol. The van der Waals surface area contributed by atoms with E-state index in [0.29, 0.717) is 11.0 Å². The lowest BCUT2D eigenvalue weighted by atomic mass is 10.1. The molecule has 0 spiro atoms. The summed E-state index contributed by atoms with van der Waals surface area (Å²) in [6.45, 7) is -1.41. The van der Waals surface area contributed by atoms with Crippen molar-refractivity contribution in [3.63, 3.8) is 0 Å². The fraction of sp³-hybridized carbons (Fsp3) is 0.353. The number of rotatable bonds is 10. The highest BCUT2D eigenvalue weighted by Crippen LogP contribution is 2.66. The van der Waals surface area contributed by atoms with Crippen LogP contribution in [0.2, 0.25) is 0 Å². The zero-order valence-electron chi connectivity index (χ0n) is 19.1. The topological polar surface area (TPSA) is 280 Å². The number of aliphatic hydroxyl groups excluding tert-OH is 2. The van der Waals surface area contributed by atoms with Crippen LogP contribution in [0.1, 0.15) is 11.9 Å². The lowest BCUT2D eigenvalue weighted by Crippen LogP contribution is -2.43. The quantitative estimate of drug-likeness (QED) is 0.152. The maximum absolute atomic E-state index is 13.1. The first-order valence-electron chi connectivity index (χ1n) is 10.5. The van der Waals surface area contributed by atoms with Crippen LogP contribution < -0.4 is 11.2 Å². The van der Waals surface area contributed by atoms with Crippen molar-refractivity contribution in [3.05, 3.63) is 63.1 Å². The third kappa shape index (κ3) is 6.87. The van der Waals surface area contributed by atoms with Gasteiger partial charge in [0.25, 0.3) is 5.56 Å². The standard InChI is InChI=1S/C17H20N3O16P3/c21-13-5-6-19(17(24)20(13)7-10-9-3-1-2-4-11(9)34-18-10)16-15(23)14(22)12(33-16)8-32-38(28,29)36-39(30,31)35-37(25,26)27/h1-6,12,14-16,22-23H,7-8H2,(H,28,29)(H,30,31)(H2,25,26,27)/t12-,14?,15?,16-/m1/s1. The van der Waals surface area contributed by atoms with Crippen LogP contribution in [0.25, 0.3) is 11.0 Å². The lowest BCUT2D eigenvalue weighted by molar-refractivity contribution is -0.0547. The number of benzene rings is 1. The van der Waals surface area contributed by atoms with Crippen LogP contribution in [0.15, 0.2) is 50.6 Å². The summed E-state index contributed by atoms with van der Waals surface area (Å²) in [6, 6.07) is 7.66. The van der Waals surface area contributed by atoms with Crippen LogP contribution in [0.4, 0.5) is 0 Å². The van der Waals surface area contributed by atoms with Crippen molar-refractivity contribution in [2.45, 2.75) is 31.1 Å². The SMILES string of the molecule is O=c1ccn([C@@H]2O[C@H](COP(=O)(O)OP(=O)(O)OP(=O)(O)O)C(O)C2O)c(=O)n1Cc1noc2ccccc12. The second kappa shape index (κ2) is 10.9. The summed E-state index contributed by atoms with van der Waals surface area (Å²) in [6.07, 6.45) is -5.98. The number of fused-ring (bicyclic) bond motifs is 1. The van der Waals surface area contributed by atoms with E-state index in [1.54, 1.807) is 24.3 Å². The van der Waals surface area contributed by atoms with E-state index >= 15 is 0 Å². The minimum absolute atomic E-state index is 0.254. The van der Waals surface area contributed by atoms with E-state index in [1.807, 2.05) is 0 Å². The summed E-state index contributed by atoms with van der Waals surface area (Å²) in [5.74, 6) is 0. The molecule has 22 heteroatoms. The fourth-order valence-corrected chi connectivity index (χ4v) is 6.67. The van der Waals surface area contributed by atoms with Gasteiger partial charge in [-0.25, -0.2) is 18.5 Å². The third-order valence-corrected chi connectivity index (χ3v) is 9.09. The molecule has 1 aliphatic rings. The molecule has 3 heterocycles. The van der Waals surface area contributed by atoms with Crippen molar-refractivity contribution >= 4 is 34.4 Å². The highest BCUT2D eigenvalue weighted by Gasteiger charge is 2.47. The molecule has 3 aromatic rings. The van der Waals surface area contributed by atoms with Crippen LogP contribution in [0, 0.1) is 0 Å². The Bertz CT molecular complexity index is 1630. The van der Waals surface area contributed by atoms with Crippen molar-refractivity contribution in [2.75, 3.05) is 6.61 Å². The molecule has 0 bridgehead atoms. The van der Waals surface area contributed by atoms with E-state index < -0.39 is 65.9 Å². The molecule has 1 saturated heterocycles. The van der Waals surface area contributed by atoms with Gasteiger partial charge in [0.15, 0.2) is 11.8 Å². The Balaban J connectivity index is 1.50. The summed E-state index contributed by atoms with van der Waals surface area (Å²) in [7, 11) is -16.9. The van der Waals surface area contributed by atoms with Gasteiger partial charge in [-0.15, -0.1) is 0 Å². The number of aromatic nitrogens is 3. The first kappa shape index (κ1) is 29.6. The third-order valence-electron chi connectivity index (χ3n) is 5.28. The molecule has 1 aromatic carbocycles. The van der Waals surface area contributed by atoms with Crippen molar-refractivity contribution in [2.24, 2.45) is 0 Å². The molecule has 1 aliphatic heterocycles. The number of ether oxygens (including phenoxy) is 1. The molecule has 0 amide bonds. The van der Waals surface area contributed by atoms with E-state index in [4.69, 9.17) is 19.0 Å². The Morgan fingerprint density at radius 1 is 0.949 bits per heavy atom. The summed E-state index contributed by atoms with van der Waals surface area (Å²) < 4.78 is 57.7. The largest absolute Gasteiger partial charge is 0.490 e. The molecule has 0 radical (unpaired) electrons. The predicted octanol–water partition coefficient (Wildman–Crippen LogP) is -0.838. The van der Waals surface area contributed by atoms with E-state index in [9.17, 15) is 43.3 Å². The predicted molar refractivity (Wildman–Crippen MR) is 124 cm³/mol. The van der Waals surface area contributed by atoms with Gasteiger partial charge < -0.3 is 39.0 Å². The number of nitrogens with zero attached hydrogens (tertiary/aromatic N) is 3. The molecule has 4 unspecified atom stereocenters. The Morgan fingerprint density at radius 3 is 2.33 bits per heavy atom. The van der Waals surface area contributed by atoms with Gasteiger partial charge in [0.1, 0.15) is 24.0 Å². The maximum Gasteiger partial charge on any atom is 0.490 e. The minimum atomic E-state index is -5.78. The first-order chi connectivity index (χ1) is 18.1. The number of aliphatic hydroxyl groups is 2. The van der Waals surface area contributed by atoms with Crippen molar-refractivity contribution in [1.29, 1.82) is 0 Å². The number of hydrogen-bond donors (Lipinski definition) is 6. The summed E-state index contributed by atoms with van der Waals surface area (Å²) in [5, 5.41) is 25.2. The molecule has 0 saturated carbocycles. The Kier molecular flexibility index (Phi) is 8.29. The van der Waals surface area contributed by atoms with Crippen LogP contribution in [-0.2, 0) is 38.1 Å². The number of phosphoric ester groups is 1. The van der Waals surface area contributed by atoms with Gasteiger partial charge in [-0.05, 0) is 12.1 Å².